The number of amides is 1. The van der Waals surface area contributed by atoms with Crippen molar-refractivity contribution in [2.75, 3.05) is 7.05 Å². The van der Waals surface area contributed by atoms with Crippen LogP contribution in [0.15, 0.2) is 18.2 Å². The molecule has 0 aliphatic heterocycles. The SMILES string of the molecule is CN(C(=O)c1cc([N+](=O)[O-])ccc1I)C1CCC1. The molecule has 5 nitrogen and oxygen atoms in total. The first-order chi connectivity index (χ1) is 8.50. The van der Waals surface area contributed by atoms with Crippen LogP contribution in [0.5, 0.6) is 0 Å². The molecule has 96 valence electrons. The lowest BCUT2D eigenvalue weighted by Gasteiger charge is -2.34. The maximum Gasteiger partial charge on any atom is 0.270 e. The third-order valence-electron chi connectivity index (χ3n) is 3.33. The Kier molecular flexibility index (Phi) is 3.84. The molecular weight excluding hydrogens is 347 g/mol. The molecule has 1 aromatic rings. The summed E-state index contributed by atoms with van der Waals surface area (Å²) >= 11 is 2.03. The highest BCUT2D eigenvalue weighted by molar-refractivity contribution is 14.1. The Morgan fingerprint density at radius 3 is 2.67 bits per heavy atom. The molecule has 0 saturated heterocycles. The fraction of sp³-hybridized carbons (Fsp3) is 0.417. The lowest BCUT2D eigenvalue weighted by atomic mass is 9.91. The van der Waals surface area contributed by atoms with Crippen LogP contribution >= 0.6 is 22.6 Å². The Bertz CT molecular complexity index is 500. The second kappa shape index (κ2) is 5.21. The topological polar surface area (TPSA) is 63.5 Å². The van der Waals surface area contributed by atoms with E-state index >= 15 is 0 Å². The summed E-state index contributed by atoms with van der Waals surface area (Å²) in [5.74, 6) is -0.132. The quantitative estimate of drug-likeness (QED) is 0.473. The maximum absolute atomic E-state index is 12.3. The smallest absolute Gasteiger partial charge is 0.270 e. The van der Waals surface area contributed by atoms with Crippen LogP contribution in [0.2, 0.25) is 0 Å². The van der Waals surface area contributed by atoms with Crippen molar-refractivity contribution in [1.29, 1.82) is 0 Å². The van der Waals surface area contributed by atoms with E-state index in [0.29, 0.717) is 5.56 Å². The van der Waals surface area contributed by atoms with Crippen LogP contribution < -0.4 is 0 Å². The number of carbonyl (C=O) groups is 1. The fourth-order valence-electron chi connectivity index (χ4n) is 1.92. The van der Waals surface area contributed by atoms with E-state index in [1.54, 1.807) is 18.0 Å². The van der Waals surface area contributed by atoms with Crippen molar-refractivity contribution >= 4 is 34.2 Å². The Morgan fingerprint density at radius 2 is 2.17 bits per heavy atom. The third kappa shape index (κ3) is 2.47. The van der Waals surface area contributed by atoms with Crippen molar-refractivity contribution in [2.45, 2.75) is 25.3 Å². The van der Waals surface area contributed by atoms with E-state index in [1.165, 1.54) is 12.1 Å². The second-order valence-electron chi connectivity index (χ2n) is 4.42. The number of non-ortho nitro benzene ring substituents is 1. The second-order valence-corrected chi connectivity index (χ2v) is 5.58. The highest BCUT2D eigenvalue weighted by Gasteiger charge is 2.28. The molecule has 1 amide bonds. The zero-order valence-corrected chi connectivity index (χ0v) is 12.1. The molecule has 0 atom stereocenters. The first-order valence-electron chi connectivity index (χ1n) is 5.72. The Morgan fingerprint density at radius 1 is 1.50 bits per heavy atom. The summed E-state index contributed by atoms with van der Waals surface area (Å²) in [4.78, 5) is 24.2. The Balaban J connectivity index is 2.28. The summed E-state index contributed by atoms with van der Waals surface area (Å²) in [5.41, 5.74) is 0.375. The van der Waals surface area contributed by atoms with Crippen molar-refractivity contribution in [1.82, 2.24) is 4.90 Å². The molecule has 0 unspecified atom stereocenters. The number of nitro groups is 1. The van der Waals surface area contributed by atoms with Crippen LogP contribution in [-0.2, 0) is 0 Å². The number of hydrogen-bond acceptors (Lipinski definition) is 3. The van der Waals surface area contributed by atoms with E-state index in [9.17, 15) is 14.9 Å². The maximum atomic E-state index is 12.3. The van der Waals surface area contributed by atoms with Gasteiger partial charge < -0.3 is 4.90 Å². The largest absolute Gasteiger partial charge is 0.339 e. The molecular formula is C12H13IN2O3. The molecule has 1 fully saturated rings. The molecule has 6 heteroatoms. The number of rotatable bonds is 3. The van der Waals surface area contributed by atoms with Crippen molar-refractivity contribution in [3.63, 3.8) is 0 Å². The normalized spacial score (nSPS) is 15.0. The number of hydrogen-bond donors (Lipinski definition) is 0. The molecule has 1 saturated carbocycles. The monoisotopic (exact) mass is 360 g/mol. The Hall–Kier alpha value is -1.18. The highest BCUT2D eigenvalue weighted by Crippen LogP contribution is 2.27. The van der Waals surface area contributed by atoms with Crippen LogP contribution in [0.4, 0.5) is 5.69 Å². The lowest BCUT2D eigenvalue weighted by molar-refractivity contribution is -0.384. The average molecular weight is 360 g/mol. The predicted molar refractivity (Wildman–Crippen MR) is 75.5 cm³/mol. The molecule has 0 aromatic heterocycles. The van der Waals surface area contributed by atoms with Gasteiger partial charge in [0.2, 0.25) is 0 Å². The summed E-state index contributed by atoms with van der Waals surface area (Å²) in [5, 5.41) is 10.7. The molecule has 0 N–H and O–H groups in total. The number of carbonyl (C=O) groups excluding carboxylic acids is 1. The molecule has 0 radical (unpaired) electrons. The molecule has 0 bridgehead atoms. The van der Waals surface area contributed by atoms with Gasteiger partial charge in [-0.3, -0.25) is 14.9 Å². The molecule has 1 aromatic carbocycles. The molecule has 1 aliphatic carbocycles. The van der Waals surface area contributed by atoms with Gasteiger partial charge in [-0.2, -0.15) is 0 Å². The van der Waals surface area contributed by atoms with Gasteiger partial charge in [0.25, 0.3) is 11.6 Å². The first kappa shape index (κ1) is 13.3. The van der Waals surface area contributed by atoms with E-state index in [0.717, 1.165) is 22.8 Å². The number of benzene rings is 1. The zero-order valence-electron chi connectivity index (χ0n) is 9.93. The van der Waals surface area contributed by atoms with Gasteiger partial charge >= 0.3 is 0 Å². The van der Waals surface area contributed by atoms with Crippen LogP contribution in [0.1, 0.15) is 29.6 Å². The molecule has 18 heavy (non-hydrogen) atoms. The van der Waals surface area contributed by atoms with Gasteiger partial charge in [0.1, 0.15) is 0 Å². The number of nitrogens with zero attached hydrogens (tertiary/aromatic N) is 2. The lowest BCUT2D eigenvalue weighted by Crippen LogP contribution is -2.41. The average Bonchev–Trinajstić information content (AvgIpc) is 2.26. The summed E-state index contributed by atoms with van der Waals surface area (Å²) in [7, 11) is 1.76. The van der Waals surface area contributed by atoms with Crippen LogP contribution in [0.3, 0.4) is 0 Å². The minimum Gasteiger partial charge on any atom is -0.339 e. The zero-order chi connectivity index (χ0) is 13.3. The van der Waals surface area contributed by atoms with Crippen LogP contribution in [-0.4, -0.2) is 28.8 Å². The summed E-state index contributed by atoms with van der Waals surface area (Å²) in [6.07, 6.45) is 3.19. The minimum atomic E-state index is -0.476. The molecule has 2 rings (SSSR count). The van der Waals surface area contributed by atoms with Gasteiger partial charge in [0, 0.05) is 28.8 Å². The van der Waals surface area contributed by atoms with E-state index in [1.807, 2.05) is 22.6 Å². The fourth-order valence-corrected chi connectivity index (χ4v) is 2.49. The summed E-state index contributed by atoms with van der Waals surface area (Å²) in [6, 6.07) is 4.68. The predicted octanol–water partition coefficient (Wildman–Crippen LogP) is 2.82. The Labute approximate surface area is 118 Å². The minimum absolute atomic E-state index is 0.0409. The van der Waals surface area contributed by atoms with Gasteiger partial charge in [0.15, 0.2) is 0 Å². The summed E-state index contributed by atoms with van der Waals surface area (Å²) in [6.45, 7) is 0. The van der Waals surface area contributed by atoms with Gasteiger partial charge in [-0.25, -0.2) is 0 Å². The van der Waals surface area contributed by atoms with Crippen LogP contribution in [0, 0.1) is 13.7 Å². The van der Waals surface area contributed by atoms with Gasteiger partial charge in [-0.15, -0.1) is 0 Å². The van der Waals surface area contributed by atoms with Crippen molar-refractivity contribution < 1.29 is 9.72 Å². The van der Waals surface area contributed by atoms with E-state index in [-0.39, 0.29) is 17.6 Å². The molecule has 1 aliphatic rings. The van der Waals surface area contributed by atoms with Gasteiger partial charge in [-0.1, -0.05) is 0 Å². The molecule has 0 spiro atoms. The van der Waals surface area contributed by atoms with E-state index in [4.69, 9.17) is 0 Å². The van der Waals surface area contributed by atoms with Crippen molar-refractivity contribution in [3.8, 4) is 0 Å². The third-order valence-corrected chi connectivity index (χ3v) is 4.27. The standard InChI is InChI=1S/C12H13IN2O3/c1-14(8-3-2-4-8)12(16)10-7-9(15(17)18)5-6-11(10)13/h5-8H,2-4H2,1H3. The van der Waals surface area contributed by atoms with E-state index < -0.39 is 4.92 Å². The van der Waals surface area contributed by atoms with Gasteiger partial charge in [-0.05, 0) is 47.9 Å². The van der Waals surface area contributed by atoms with Gasteiger partial charge in [0.05, 0.1) is 10.5 Å². The van der Waals surface area contributed by atoms with Crippen molar-refractivity contribution in [3.05, 3.63) is 37.4 Å². The van der Waals surface area contributed by atoms with Crippen LogP contribution in [0.25, 0.3) is 0 Å². The summed E-state index contributed by atoms with van der Waals surface area (Å²) < 4.78 is 0.745. The molecule has 0 heterocycles. The van der Waals surface area contributed by atoms with E-state index in [2.05, 4.69) is 0 Å². The number of nitro benzene ring substituents is 1. The first-order valence-corrected chi connectivity index (χ1v) is 6.79. The van der Waals surface area contributed by atoms with Crippen molar-refractivity contribution in [2.24, 2.45) is 0 Å². The number of halogens is 1. The highest BCUT2D eigenvalue weighted by atomic mass is 127.